The van der Waals surface area contributed by atoms with Crippen LogP contribution in [0.4, 0.5) is 5.95 Å². The minimum absolute atomic E-state index is 0.0989. The Balaban J connectivity index is 1.54. The molecule has 1 saturated heterocycles. The van der Waals surface area contributed by atoms with Gasteiger partial charge in [0.15, 0.2) is 17.4 Å². The first-order chi connectivity index (χ1) is 17.9. The molecule has 38 heavy (non-hydrogen) atoms. The number of nitrogen functional groups attached to an aromatic ring is 1. The lowest BCUT2D eigenvalue weighted by Crippen LogP contribution is -2.44. The summed E-state index contributed by atoms with van der Waals surface area (Å²) in [6.07, 6.45) is -2.52. The zero-order valence-corrected chi connectivity index (χ0v) is 21.8. The summed E-state index contributed by atoms with van der Waals surface area (Å²) in [4.78, 5) is 23.7. The van der Waals surface area contributed by atoms with Gasteiger partial charge in [-0.25, -0.2) is 15.2 Å². The Morgan fingerprint density at radius 3 is 2.71 bits per heavy atom. The van der Waals surface area contributed by atoms with Crippen LogP contribution in [-0.4, -0.2) is 78.4 Å². The number of aliphatic carboxylic acids is 1. The molecule has 4 rings (SSSR count). The van der Waals surface area contributed by atoms with Gasteiger partial charge in [-0.1, -0.05) is 30.3 Å². The third kappa shape index (κ3) is 5.63. The Morgan fingerprint density at radius 1 is 1.34 bits per heavy atom. The molecule has 0 spiro atoms. The average Bonchev–Trinajstić information content (AvgIpc) is 3.39. The highest BCUT2D eigenvalue weighted by Gasteiger charge is 2.54. The molecule has 0 bridgehead atoms. The van der Waals surface area contributed by atoms with E-state index in [1.807, 2.05) is 6.07 Å². The number of imidazole rings is 1. The molecule has 1 aliphatic heterocycles. The van der Waals surface area contributed by atoms with Gasteiger partial charge in [-0.3, -0.25) is 13.9 Å². The van der Waals surface area contributed by atoms with Crippen LogP contribution in [0.1, 0.15) is 25.6 Å². The first kappa shape index (κ1) is 27.9. The lowest BCUT2D eigenvalue weighted by atomic mass is 9.96. The zero-order chi connectivity index (χ0) is 27.7. The molecule has 0 amide bonds. The van der Waals surface area contributed by atoms with Crippen LogP contribution in [0.2, 0.25) is 0 Å². The van der Waals surface area contributed by atoms with Crippen LogP contribution in [0.3, 0.4) is 0 Å². The van der Waals surface area contributed by atoms with Crippen LogP contribution in [0, 0.1) is 0 Å². The van der Waals surface area contributed by atoms with Gasteiger partial charge in [0, 0.05) is 6.54 Å². The second kappa shape index (κ2) is 10.9. The maximum absolute atomic E-state index is 13.6. The van der Waals surface area contributed by atoms with Gasteiger partial charge in [0.25, 0.3) is 0 Å². The summed E-state index contributed by atoms with van der Waals surface area (Å²) in [5.74, 6) is -1.22. The number of aromatic nitrogens is 4. The number of hydrogen-bond acceptors (Lipinski definition) is 11. The molecular formula is C22H30N7O8P. The van der Waals surface area contributed by atoms with Gasteiger partial charge in [0.2, 0.25) is 11.8 Å². The van der Waals surface area contributed by atoms with Gasteiger partial charge < -0.3 is 35.1 Å². The van der Waals surface area contributed by atoms with Crippen molar-refractivity contribution in [1.29, 1.82) is 0 Å². The number of nitrogens with two attached hydrogens (primary N) is 1. The van der Waals surface area contributed by atoms with E-state index in [1.165, 1.54) is 31.9 Å². The number of carboxylic acid groups (broad SMARTS) is 1. The Morgan fingerprint density at radius 2 is 2.05 bits per heavy atom. The highest BCUT2D eigenvalue weighted by Crippen LogP contribution is 2.44. The normalized spacial score (nSPS) is 25.8. The number of ether oxygens (including phenoxy) is 2. The Kier molecular flexibility index (Phi) is 7.99. The first-order valence-corrected chi connectivity index (χ1v) is 13.2. The number of anilines is 1. The summed E-state index contributed by atoms with van der Waals surface area (Å²) >= 11 is 0. The Hall–Kier alpha value is -3.17. The van der Waals surface area contributed by atoms with Crippen molar-refractivity contribution in [3.63, 3.8) is 0 Å². The van der Waals surface area contributed by atoms with Gasteiger partial charge in [0.1, 0.15) is 23.9 Å². The highest BCUT2D eigenvalue weighted by atomic mass is 31.2. The number of rotatable bonds is 11. The molecule has 2 unspecified atom stereocenters. The number of nitrogens with one attached hydrogen (secondary N) is 2. The van der Waals surface area contributed by atoms with E-state index in [0.717, 1.165) is 5.56 Å². The number of aliphatic hydroxyl groups excluding tert-OH is 1. The maximum Gasteiger partial charge on any atom is 0.341 e. The summed E-state index contributed by atoms with van der Waals surface area (Å²) in [5.41, 5.74) is 5.15. The largest absolute Gasteiger partial charge is 0.480 e. The summed E-state index contributed by atoms with van der Waals surface area (Å²) in [6, 6.07) is 7.80. The zero-order valence-electron chi connectivity index (χ0n) is 20.9. The van der Waals surface area contributed by atoms with Gasteiger partial charge in [-0.05, 0) is 19.4 Å². The van der Waals surface area contributed by atoms with E-state index in [9.17, 15) is 24.7 Å². The summed E-state index contributed by atoms with van der Waals surface area (Å²) in [5, 5.41) is 36.6. The fourth-order valence-electron chi connectivity index (χ4n) is 4.01. The topological polar surface area (TPSA) is 216 Å². The first-order valence-electron chi connectivity index (χ1n) is 11.6. The predicted octanol–water partition coefficient (Wildman–Crippen LogP) is 0.404. The molecular weight excluding hydrogens is 521 g/mol. The quantitative estimate of drug-likeness (QED) is 0.178. The smallest absolute Gasteiger partial charge is 0.341 e. The van der Waals surface area contributed by atoms with Crippen molar-refractivity contribution in [3.8, 4) is 5.88 Å². The van der Waals surface area contributed by atoms with Gasteiger partial charge in [0.05, 0.1) is 20.0 Å². The number of hydrogen-bond donors (Lipinski definition) is 6. The van der Waals surface area contributed by atoms with Crippen molar-refractivity contribution in [2.45, 2.75) is 50.5 Å². The van der Waals surface area contributed by atoms with E-state index >= 15 is 0 Å². The Labute approximate surface area is 217 Å². The fraction of sp³-hybridized carbons (Fsp3) is 0.455. The monoisotopic (exact) mass is 551 g/mol. The number of fused-ring (bicyclic) bond motifs is 1. The van der Waals surface area contributed by atoms with Gasteiger partial charge in [-0.2, -0.15) is 9.97 Å². The van der Waals surface area contributed by atoms with E-state index in [4.69, 9.17) is 19.7 Å². The van der Waals surface area contributed by atoms with Crippen molar-refractivity contribution in [3.05, 3.63) is 42.2 Å². The fourth-order valence-corrected chi connectivity index (χ4v) is 5.63. The number of aliphatic hydroxyl groups is 2. The molecule has 15 nitrogen and oxygen atoms in total. The average molecular weight is 551 g/mol. The molecule has 2 aromatic heterocycles. The summed E-state index contributed by atoms with van der Waals surface area (Å²) in [7, 11) is -2.59. The molecule has 7 N–H and O–H groups in total. The minimum Gasteiger partial charge on any atom is -0.480 e. The van der Waals surface area contributed by atoms with Crippen molar-refractivity contribution in [2.24, 2.45) is 0 Å². The van der Waals surface area contributed by atoms with E-state index in [1.54, 1.807) is 24.3 Å². The molecule has 6 atom stereocenters. The van der Waals surface area contributed by atoms with Crippen molar-refractivity contribution >= 4 is 30.8 Å². The van der Waals surface area contributed by atoms with E-state index in [0.29, 0.717) is 0 Å². The molecule has 3 aromatic rings. The maximum atomic E-state index is 13.6. The molecule has 0 radical (unpaired) electrons. The molecule has 3 heterocycles. The van der Waals surface area contributed by atoms with Crippen LogP contribution >= 0.6 is 7.67 Å². The Bertz CT molecular complexity index is 1340. The standard InChI is InChI=1S/C22H30N7O8P/c1-12(19(31)32)28-38(34,25-9-13-7-5-4-6-8-13)36-10-14-16(30)22(2,33)20(37-14)29-11-24-15-17(29)26-21(23)27-18(15)35-3/h4-8,11-12,14,16,20,30,33H,9-10H2,1-3H3,(H,31,32)(H2,23,26,27)(H2,25,28,34)/t12?,14-,16-,20-,22-,38?/m1/s1. The number of carboxylic acids is 1. The van der Waals surface area contributed by atoms with E-state index < -0.39 is 50.3 Å². The molecule has 0 saturated carbocycles. The van der Waals surface area contributed by atoms with Gasteiger partial charge in [-0.15, -0.1) is 0 Å². The SMILES string of the molecule is COc1nc(N)nc2c1ncn2[C@@H]1O[C@H](COP(=O)(NCc2ccccc2)NC(C)C(=O)O)[C@@H](O)[C@@]1(C)O. The lowest BCUT2D eigenvalue weighted by molar-refractivity contribution is -0.138. The molecule has 0 aliphatic carbocycles. The van der Waals surface area contributed by atoms with Crippen LogP contribution in [0.5, 0.6) is 5.88 Å². The van der Waals surface area contributed by atoms with Crippen molar-refractivity contribution in [1.82, 2.24) is 29.7 Å². The van der Waals surface area contributed by atoms with Crippen LogP contribution in [0.25, 0.3) is 11.2 Å². The summed E-state index contributed by atoms with van der Waals surface area (Å²) < 4.78 is 31.7. The number of carbonyl (C=O) groups is 1. The number of methoxy groups -OCH3 is 1. The third-order valence-corrected chi connectivity index (χ3v) is 7.91. The molecule has 16 heteroatoms. The number of benzene rings is 1. The van der Waals surface area contributed by atoms with Crippen molar-refractivity contribution in [2.75, 3.05) is 19.5 Å². The van der Waals surface area contributed by atoms with Crippen LogP contribution in [0.15, 0.2) is 36.7 Å². The molecule has 1 fully saturated rings. The van der Waals surface area contributed by atoms with Crippen molar-refractivity contribution < 1.29 is 38.7 Å². The molecule has 1 aromatic carbocycles. The van der Waals surface area contributed by atoms with E-state index in [2.05, 4.69) is 25.1 Å². The van der Waals surface area contributed by atoms with Gasteiger partial charge >= 0.3 is 13.6 Å². The second-order valence-corrected chi connectivity index (χ2v) is 10.9. The molecule has 206 valence electrons. The third-order valence-electron chi connectivity index (χ3n) is 6.10. The van der Waals surface area contributed by atoms with Crippen LogP contribution in [-0.2, 0) is 25.2 Å². The van der Waals surface area contributed by atoms with E-state index in [-0.39, 0.29) is 29.5 Å². The lowest BCUT2D eigenvalue weighted by Gasteiger charge is -2.27. The molecule has 1 aliphatic rings. The minimum atomic E-state index is -3.98. The predicted molar refractivity (Wildman–Crippen MR) is 134 cm³/mol. The van der Waals surface area contributed by atoms with Crippen LogP contribution < -0.4 is 20.6 Å². The summed E-state index contributed by atoms with van der Waals surface area (Å²) in [6.45, 7) is 2.32. The highest BCUT2D eigenvalue weighted by molar-refractivity contribution is 7.54. The second-order valence-electron chi connectivity index (χ2n) is 8.97. The number of nitrogens with zero attached hydrogens (tertiary/aromatic N) is 4.